The number of esters is 1. The molecule has 1 atom stereocenters. The van der Waals surface area contributed by atoms with E-state index >= 15 is 0 Å². The Balaban J connectivity index is 2.35. The zero-order valence-electron chi connectivity index (χ0n) is 11.7. The summed E-state index contributed by atoms with van der Waals surface area (Å²) in [5.74, 6) is -1.45. The first-order valence-electron chi connectivity index (χ1n) is 6.42. The number of carbonyl (C=O) groups excluding carboxylic acids is 2. The molecule has 0 bridgehead atoms. The monoisotopic (exact) mass is 354 g/mol. The summed E-state index contributed by atoms with van der Waals surface area (Å²) in [4.78, 5) is 24.5. The van der Waals surface area contributed by atoms with E-state index in [9.17, 15) is 14.7 Å². The number of benzene rings is 1. The highest BCUT2D eigenvalue weighted by atomic mass is 79.9. The minimum atomic E-state index is -2.08. The molecule has 21 heavy (non-hydrogen) atoms. The first-order valence-corrected chi connectivity index (χ1v) is 7.21. The molecule has 1 aliphatic rings. The van der Waals surface area contributed by atoms with E-state index in [0.717, 1.165) is 5.01 Å². The topological polar surface area (TPSA) is 79.2 Å². The Morgan fingerprint density at radius 3 is 2.86 bits per heavy atom. The summed E-state index contributed by atoms with van der Waals surface area (Å²) in [5.41, 5.74) is -1.29. The molecule has 0 aliphatic carbocycles. The maximum absolute atomic E-state index is 12.5. The van der Waals surface area contributed by atoms with Gasteiger partial charge in [0.2, 0.25) is 0 Å². The van der Waals surface area contributed by atoms with Crippen molar-refractivity contribution in [3.8, 4) is 0 Å². The molecule has 0 fully saturated rings. The van der Waals surface area contributed by atoms with E-state index in [-0.39, 0.29) is 13.0 Å². The predicted molar refractivity (Wildman–Crippen MR) is 79.6 cm³/mol. The third-order valence-electron chi connectivity index (χ3n) is 2.99. The molecule has 0 saturated carbocycles. The van der Waals surface area contributed by atoms with E-state index in [1.807, 2.05) is 0 Å². The molecule has 1 N–H and O–H groups in total. The van der Waals surface area contributed by atoms with Crippen LogP contribution in [-0.4, -0.2) is 40.0 Å². The second-order valence-corrected chi connectivity index (χ2v) is 5.59. The van der Waals surface area contributed by atoms with Gasteiger partial charge in [0.05, 0.1) is 6.61 Å². The fourth-order valence-corrected chi connectivity index (χ4v) is 2.48. The van der Waals surface area contributed by atoms with Gasteiger partial charge in [0, 0.05) is 22.2 Å². The zero-order chi connectivity index (χ0) is 15.6. The van der Waals surface area contributed by atoms with Gasteiger partial charge in [-0.05, 0) is 32.0 Å². The van der Waals surface area contributed by atoms with Crippen LogP contribution in [0.3, 0.4) is 0 Å². The fourth-order valence-electron chi connectivity index (χ4n) is 2.08. The van der Waals surface area contributed by atoms with Crippen molar-refractivity contribution in [1.82, 2.24) is 5.01 Å². The Bertz CT molecular complexity index is 617. The number of halogens is 1. The molecule has 1 amide bonds. The van der Waals surface area contributed by atoms with Crippen LogP contribution in [0.5, 0.6) is 0 Å². The summed E-state index contributed by atoms with van der Waals surface area (Å²) in [5, 5.41) is 15.3. The first kappa shape index (κ1) is 15.7. The average molecular weight is 355 g/mol. The normalized spacial score (nSPS) is 21.1. The minimum Gasteiger partial charge on any atom is -0.462 e. The lowest BCUT2D eigenvalue weighted by Gasteiger charge is -2.28. The molecule has 112 valence electrons. The van der Waals surface area contributed by atoms with Crippen LogP contribution in [0.4, 0.5) is 0 Å². The van der Waals surface area contributed by atoms with E-state index < -0.39 is 17.6 Å². The Morgan fingerprint density at radius 1 is 1.52 bits per heavy atom. The molecule has 0 spiro atoms. The molecular weight excluding hydrogens is 340 g/mol. The number of aliphatic hydroxyl groups is 1. The molecule has 0 saturated heterocycles. The molecule has 6 nitrogen and oxygen atoms in total. The number of ether oxygens (including phenoxy) is 1. The van der Waals surface area contributed by atoms with Gasteiger partial charge in [-0.15, -0.1) is 0 Å². The van der Waals surface area contributed by atoms with Crippen LogP contribution >= 0.6 is 15.9 Å². The van der Waals surface area contributed by atoms with Crippen molar-refractivity contribution in [2.24, 2.45) is 5.10 Å². The van der Waals surface area contributed by atoms with E-state index in [0.29, 0.717) is 15.7 Å². The van der Waals surface area contributed by atoms with Crippen LogP contribution in [0.25, 0.3) is 0 Å². The Kier molecular flexibility index (Phi) is 4.43. The number of hydrogen-bond donors (Lipinski definition) is 1. The molecule has 1 aromatic rings. The average Bonchev–Trinajstić information content (AvgIpc) is 2.75. The highest BCUT2D eigenvalue weighted by Crippen LogP contribution is 2.29. The predicted octanol–water partition coefficient (Wildman–Crippen LogP) is 1.92. The molecule has 1 heterocycles. The second-order valence-electron chi connectivity index (χ2n) is 4.68. The van der Waals surface area contributed by atoms with Crippen LogP contribution in [0.15, 0.2) is 33.8 Å². The first-order chi connectivity index (χ1) is 9.88. The van der Waals surface area contributed by atoms with Gasteiger partial charge in [-0.25, -0.2) is 4.79 Å². The second kappa shape index (κ2) is 5.95. The molecule has 2 rings (SSSR count). The highest BCUT2D eigenvalue weighted by molar-refractivity contribution is 9.10. The molecule has 1 aliphatic heterocycles. The number of hydrazone groups is 1. The van der Waals surface area contributed by atoms with Gasteiger partial charge in [-0.3, -0.25) is 4.79 Å². The van der Waals surface area contributed by atoms with Crippen molar-refractivity contribution in [2.45, 2.75) is 26.0 Å². The summed E-state index contributed by atoms with van der Waals surface area (Å²) in [6.07, 6.45) is -0.0639. The van der Waals surface area contributed by atoms with E-state index in [4.69, 9.17) is 4.74 Å². The maximum atomic E-state index is 12.5. The number of nitrogens with zero attached hydrogens (tertiary/aromatic N) is 2. The molecule has 1 aromatic carbocycles. The van der Waals surface area contributed by atoms with Crippen molar-refractivity contribution < 1.29 is 19.4 Å². The number of hydrogen-bond acceptors (Lipinski definition) is 5. The van der Waals surface area contributed by atoms with Gasteiger partial charge < -0.3 is 9.84 Å². The van der Waals surface area contributed by atoms with E-state index in [2.05, 4.69) is 21.0 Å². The lowest BCUT2D eigenvalue weighted by molar-refractivity contribution is -0.179. The molecule has 0 unspecified atom stereocenters. The van der Waals surface area contributed by atoms with Crippen molar-refractivity contribution in [2.75, 3.05) is 6.61 Å². The van der Waals surface area contributed by atoms with E-state index in [1.54, 1.807) is 38.1 Å². The van der Waals surface area contributed by atoms with Gasteiger partial charge in [-0.2, -0.15) is 10.1 Å². The van der Waals surface area contributed by atoms with Crippen molar-refractivity contribution >= 4 is 33.5 Å². The van der Waals surface area contributed by atoms with Gasteiger partial charge >= 0.3 is 5.97 Å². The molecule has 0 aromatic heterocycles. The quantitative estimate of drug-likeness (QED) is 0.841. The standard InChI is InChI=1S/C14H15BrN2O4/c1-3-21-13(19)14(20)8-9(2)16-17(14)12(18)10-5-4-6-11(15)7-10/h4-7,20H,3,8H2,1-2H3/t14-/m1/s1. The molecular formula is C14H15BrN2O4. The Labute approximate surface area is 130 Å². The van der Waals surface area contributed by atoms with Crippen LogP contribution in [0.1, 0.15) is 30.6 Å². The third-order valence-corrected chi connectivity index (χ3v) is 3.48. The van der Waals surface area contributed by atoms with Gasteiger partial charge in [0.25, 0.3) is 11.6 Å². The van der Waals surface area contributed by atoms with E-state index in [1.165, 1.54) is 0 Å². The van der Waals surface area contributed by atoms with Crippen LogP contribution in [0, 0.1) is 0 Å². The SMILES string of the molecule is CCOC(=O)[C@]1(O)CC(C)=NN1C(=O)c1cccc(Br)c1. The van der Waals surface area contributed by atoms with Crippen LogP contribution in [0.2, 0.25) is 0 Å². The van der Waals surface area contributed by atoms with Crippen molar-refractivity contribution in [3.05, 3.63) is 34.3 Å². The highest BCUT2D eigenvalue weighted by Gasteiger charge is 2.51. The number of amides is 1. The summed E-state index contributed by atoms with van der Waals surface area (Å²) in [6, 6.07) is 6.64. The zero-order valence-corrected chi connectivity index (χ0v) is 13.3. The summed E-state index contributed by atoms with van der Waals surface area (Å²) in [7, 11) is 0. The number of rotatable bonds is 3. The number of carbonyl (C=O) groups is 2. The lowest BCUT2D eigenvalue weighted by Crippen LogP contribution is -2.53. The summed E-state index contributed by atoms with van der Waals surface area (Å²) < 4.78 is 5.57. The third kappa shape index (κ3) is 2.98. The Morgan fingerprint density at radius 2 is 2.24 bits per heavy atom. The van der Waals surface area contributed by atoms with Gasteiger partial charge in [0.15, 0.2) is 0 Å². The van der Waals surface area contributed by atoms with Gasteiger partial charge in [0.1, 0.15) is 0 Å². The largest absolute Gasteiger partial charge is 0.462 e. The van der Waals surface area contributed by atoms with Gasteiger partial charge in [-0.1, -0.05) is 22.0 Å². The Hall–Kier alpha value is -1.73. The smallest absolute Gasteiger partial charge is 0.362 e. The lowest BCUT2D eigenvalue weighted by atomic mass is 10.1. The summed E-state index contributed by atoms with van der Waals surface area (Å²) >= 11 is 3.27. The minimum absolute atomic E-state index is 0.0639. The fraction of sp³-hybridized carbons (Fsp3) is 0.357. The molecule has 7 heteroatoms. The van der Waals surface area contributed by atoms with Crippen LogP contribution < -0.4 is 0 Å². The van der Waals surface area contributed by atoms with Crippen LogP contribution in [-0.2, 0) is 9.53 Å². The maximum Gasteiger partial charge on any atom is 0.362 e. The summed E-state index contributed by atoms with van der Waals surface area (Å²) in [6.45, 7) is 3.38. The molecule has 0 radical (unpaired) electrons. The van der Waals surface area contributed by atoms with Crippen molar-refractivity contribution in [3.63, 3.8) is 0 Å². The van der Waals surface area contributed by atoms with Crippen molar-refractivity contribution in [1.29, 1.82) is 0 Å².